The molecule has 1 heterocycles. The van der Waals surface area contributed by atoms with Crippen LogP contribution >= 0.6 is 0 Å². The van der Waals surface area contributed by atoms with E-state index in [9.17, 15) is 14.7 Å². The van der Waals surface area contributed by atoms with Gasteiger partial charge in [0.2, 0.25) is 5.91 Å². The fourth-order valence-electron chi connectivity index (χ4n) is 3.31. The van der Waals surface area contributed by atoms with E-state index in [1.54, 1.807) is 31.1 Å². The number of carboxylic acids is 1. The number of rotatable bonds is 3. The molecule has 5 heteroatoms. The summed E-state index contributed by atoms with van der Waals surface area (Å²) in [5, 5.41) is 10.5. The van der Waals surface area contributed by atoms with Crippen LogP contribution in [0, 0.1) is 0 Å². The van der Waals surface area contributed by atoms with Gasteiger partial charge in [-0.25, -0.2) is 4.79 Å². The van der Waals surface area contributed by atoms with Gasteiger partial charge < -0.3 is 14.6 Å². The van der Waals surface area contributed by atoms with Gasteiger partial charge in [0.1, 0.15) is 6.54 Å². The molecule has 0 spiro atoms. The van der Waals surface area contributed by atoms with Crippen LogP contribution in [0.4, 0.5) is 0 Å². The Morgan fingerprint density at radius 3 is 2.64 bits per heavy atom. The van der Waals surface area contributed by atoms with Gasteiger partial charge in [-0.2, -0.15) is 0 Å². The predicted molar refractivity (Wildman–Crippen MR) is 84.2 cm³/mol. The van der Waals surface area contributed by atoms with E-state index < -0.39 is 5.97 Å². The summed E-state index contributed by atoms with van der Waals surface area (Å²) in [6.45, 7) is 0.198. The third-order valence-corrected chi connectivity index (χ3v) is 4.42. The summed E-state index contributed by atoms with van der Waals surface area (Å²) in [4.78, 5) is 25.3. The van der Waals surface area contributed by atoms with Gasteiger partial charge in [0, 0.05) is 25.2 Å². The molecule has 2 aromatic rings. The van der Waals surface area contributed by atoms with Gasteiger partial charge >= 0.3 is 5.97 Å². The molecule has 0 aliphatic heterocycles. The Bertz CT molecular complexity index is 759. The Morgan fingerprint density at radius 1 is 1.23 bits per heavy atom. The maximum absolute atomic E-state index is 12.2. The number of hydrogen-bond donors (Lipinski definition) is 1. The van der Waals surface area contributed by atoms with Crippen LogP contribution in [0.3, 0.4) is 0 Å². The maximum Gasteiger partial charge on any atom is 0.337 e. The number of para-hydroxylation sites is 1. The summed E-state index contributed by atoms with van der Waals surface area (Å²) in [6, 6.07) is 5.38. The molecule has 0 fully saturated rings. The van der Waals surface area contributed by atoms with Crippen LogP contribution in [0.2, 0.25) is 0 Å². The van der Waals surface area contributed by atoms with Crippen molar-refractivity contribution in [3.05, 3.63) is 35.0 Å². The molecule has 0 radical (unpaired) electrons. The summed E-state index contributed by atoms with van der Waals surface area (Å²) in [5.74, 6) is -0.968. The molecule has 0 bridgehead atoms. The average molecular weight is 300 g/mol. The van der Waals surface area contributed by atoms with Crippen LogP contribution in [0.25, 0.3) is 10.9 Å². The monoisotopic (exact) mass is 300 g/mol. The number of aromatic carboxylic acids is 1. The third kappa shape index (κ3) is 2.26. The van der Waals surface area contributed by atoms with Gasteiger partial charge in [-0.1, -0.05) is 12.1 Å². The van der Waals surface area contributed by atoms with Crippen molar-refractivity contribution >= 4 is 22.8 Å². The van der Waals surface area contributed by atoms with Crippen molar-refractivity contribution in [3.8, 4) is 0 Å². The van der Waals surface area contributed by atoms with Gasteiger partial charge in [-0.15, -0.1) is 0 Å². The minimum Gasteiger partial charge on any atom is -0.478 e. The van der Waals surface area contributed by atoms with E-state index in [4.69, 9.17) is 0 Å². The van der Waals surface area contributed by atoms with Gasteiger partial charge in [0.05, 0.1) is 11.1 Å². The summed E-state index contributed by atoms with van der Waals surface area (Å²) >= 11 is 0. The number of carbonyl (C=O) groups excluding carboxylic acids is 1. The molecule has 1 aromatic heterocycles. The first-order valence-electron chi connectivity index (χ1n) is 7.57. The lowest BCUT2D eigenvalue weighted by atomic mass is 9.95. The number of fused-ring (bicyclic) bond motifs is 3. The Morgan fingerprint density at radius 2 is 1.95 bits per heavy atom. The summed E-state index contributed by atoms with van der Waals surface area (Å²) < 4.78 is 1.93. The molecule has 22 heavy (non-hydrogen) atoms. The number of benzene rings is 1. The van der Waals surface area contributed by atoms with Crippen LogP contribution in [0.1, 0.15) is 34.5 Å². The normalized spacial score (nSPS) is 13.9. The van der Waals surface area contributed by atoms with Gasteiger partial charge in [-0.3, -0.25) is 4.79 Å². The van der Waals surface area contributed by atoms with Crippen molar-refractivity contribution in [1.29, 1.82) is 0 Å². The lowest BCUT2D eigenvalue weighted by molar-refractivity contribution is -0.129. The summed E-state index contributed by atoms with van der Waals surface area (Å²) in [7, 11) is 3.44. The summed E-state index contributed by atoms with van der Waals surface area (Å²) in [5.41, 5.74) is 3.32. The Balaban J connectivity index is 2.27. The predicted octanol–water partition coefficient (Wildman–Crippen LogP) is 2.31. The van der Waals surface area contributed by atoms with E-state index >= 15 is 0 Å². The highest BCUT2D eigenvalue weighted by atomic mass is 16.4. The highest BCUT2D eigenvalue weighted by Crippen LogP contribution is 2.34. The lowest BCUT2D eigenvalue weighted by Gasteiger charge is -2.18. The fraction of sp³-hybridized carbons (Fsp3) is 0.412. The second kappa shape index (κ2) is 5.48. The topological polar surface area (TPSA) is 62.5 Å². The van der Waals surface area contributed by atoms with E-state index in [0.29, 0.717) is 5.52 Å². The van der Waals surface area contributed by atoms with Crippen LogP contribution in [0.15, 0.2) is 18.2 Å². The van der Waals surface area contributed by atoms with Crippen LogP contribution in [-0.2, 0) is 24.2 Å². The molecule has 116 valence electrons. The standard InChI is InChI=1S/C17H20N2O3/c1-18(2)15(20)10-19-14-9-4-3-6-11(14)12-7-5-8-13(16(12)19)17(21)22/h5,7-8H,3-4,6,9-10H2,1-2H3,(H,21,22). The Kier molecular flexibility index (Phi) is 3.64. The van der Waals surface area contributed by atoms with Crippen LogP contribution in [0.5, 0.6) is 0 Å². The zero-order chi connectivity index (χ0) is 15.9. The van der Waals surface area contributed by atoms with Crippen LogP contribution < -0.4 is 0 Å². The third-order valence-electron chi connectivity index (χ3n) is 4.42. The molecule has 5 nitrogen and oxygen atoms in total. The molecule has 0 unspecified atom stereocenters. The second-order valence-corrected chi connectivity index (χ2v) is 6.01. The van der Waals surface area contributed by atoms with Crippen molar-refractivity contribution < 1.29 is 14.7 Å². The zero-order valence-electron chi connectivity index (χ0n) is 12.9. The molecular weight excluding hydrogens is 280 g/mol. The largest absolute Gasteiger partial charge is 0.478 e. The van der Waals surface area contributed by atoms with E-state index in [-0.39, 0.29) is 18.0 Å². The number of nitrogens with zero attached hydrogens (tertiary/aromatic N) is 2. The van der Waals surface area contributed by atoms with E-state index in [1.165, 1.54) is 5.56 Å². The highest BCUT2D eigenvalue weighted by Gasteiger charge is 2.24. The lowest BCUT2D eigenvalue weighted by Crippen LogP contribution is -2.27. The Labute approximate surface area is 129 Å². The van der Waals surface area contributed by atoms with Crippen molar-refractivity contribution in [2.75, 3.05) is 14.1 Å². The number of aryl methyl sites for hydroxylation is 1. The molecular formula is C17H20N2O3. The fourth-order valence-corrected chi connectivity index (χ4v) is 3.31. The maximum atomic E-state index is 12.2. The Hall–Kier alpha value is -2.30. The average Bonchev–Trinajstić information content (AvgIpc) is 2.81. The molecule has 3 rings (SSSR count). The highest BCUT2D eigenvalue weighted by molar-refractivity contribution is 6.04. The smallest absolute Gasteiger partial charge is 0.337 e. The van der Waals surface area contributed by atoms with Crippen molar-refractivity contribution in [1.82, 2.24) is 9.47 Å². The van der Waals surface area contributed by atoms with E-state index in [2.05, 4.69) is 0 Å². The molecule has 0 saturated heterocycles. The van der Waals surface area contributed by atoms with Crippen molar-refractivity contribution in [2.24, 2.45) is 0 Å². The number of hydrogen-bond acceptors (Lipinski definition) is 2. The number of aromatic nitrogens is 1. The minimum absolute atomic E-state index is 0.0227. The number of likely N-dealkylation sites (N-methyl/N-ethyl adjacent to an activating group) is 1. The number of amides is 1. The van der Waals surface area contributed by atoms with Crippen LogP contribution in [-0.4, -0.2) is 40.5 Å². The molecule has 0 atom stereocenters. The first-order valence-corrected chi connectivity index (χ1v) is 7.57. The minimum atomic E-state index is -0.945. The van der Waals surface area contributed by atoms with Gasteiger partial charge in [-0.05, 0) is 37.3 Å². The molecule has 1 aliphatic carbocycles. The molecule has 1 amide bonds. The molecule has 1 aliphatic rings. The second-order valence-electron chi connectivity index (χ2n) is 6.01. The zero-order valence-corrected chi connectivity index (χ0v) is 12.9. The first-order chi connectivity index (χ1) is 10.5. The van der Waals surface area contributed by atoms with E-state index in [0.717, 1.165) is 36.8 Å². The van der Waals surface area contributed by atoms with E-state index in [1.807, 2.05) is 10.6 Å². The quantitative estimate of drug-likeness (QED) is 0.946. The number of carbonyl (C=O) groups is 2. The van der Waals surface area contributed by atoms with Crippen molar-refractivity contribution in [2.45, 2.75) is 32.2 Å². The van der Waals surface area contributed by atoms with Crippen molar-refractivity contribution in [3.63, 3.8) is 0 Å². The van der Waals surface area contributed by atoms with Gasteiger partial charge in [0.15, 0.2) is 0 Å². The molecule has 1 aromatic carbocycles. The number of carboxylic acid groups (broad SMARTS) is 1. The van der Waals surface area contributed by atoms with Gasteiger partial charge in [0.25, 0.3) is 0 Å². The SMILES string of the molecule is CN(C)C(=O)Cn1c2c(c3cccc(C(=O)O)c31)CCCC2. The molecule has 0 saturated carbocycles. The summed E-state index contributed by atoms with van der Waals surface area (Å²) in [6.07, 6.45) is 4.06. The first kappa shape index (κ1) is 14.6. The molecule has 1 N–H and O–H groups in total.